The van der Waals surface area contributed by atoms with Gasteiger partial charge in [-0.3, -0.25) is 4.98 Å². The number of halogens is 2. The number of pyridine rings is 1. The normalized spacial score (nSPS) is 10.9. The second kappa shape index (κ2) is 8.10. The summed E-state index contributed by atoms with van der Waals surface area (Å²) < 4.78 is 11.5. The number of nitrogens with one attached hydrogen (secondary N) is 1. The third-order valence-electron chi connectivity index (χ3n) is 3.60. The molecule has 11 heteroatoms. The molecule has 0 saturated carbocycles. The lowest BCUT2D eigenvalue weighted by molar-refractivity contribution is 0.414. The highest BCUT2D eigenvalue weighted by molar-refractivity contribution is 6.37. The van der Waals surface area contributed by atoms with E-state index in [1.807, 2.05) is 6.07 Å². The molecule has 0 aliphatic heterocycles. The van der Waals surface area contributed by atoms with Gasteiger partial charge in [0.15, 0.2) is 17.1 Å². The van der Waals surface area contributed by atoms with E-state index in [0.29, 0.717) is 33.1 Å². The molecule has 0 aliphatic rings. The Morgan fingerprint density at radius 1 is 1.03 bits per heavy atom. The summed E-state index contributed by atoms with van der Waals surface area (Å²) >= 11 is 12.1. The molecule has 0 fully saturated rings. The summed E-state index contributed by atoms with van der Waals surface area (Å²) in [5.74, 6) is 0.758. The van der Waals surface area contributed by atoms with E-state index >= 15 is 0 Å². The number of hydrogen-bond acceptors (Lipinski definition) is 8. The van der Waals surface area contributed by atoms with E-state index in [2.05, 4.69) is 29.9 Å². The largest absolute Gasteiger partial charge is 0.435 e. The van der Waals surface area contributed by atoms with Crippen molar-refractivity contribution < 1.29 is 9.47 Å². The van der Waals surface area contributed by atoms with E-state index in [4.69, 9.17) is 37.9 Å². The van der Waals surface area contributed by atoms with Crippen molar-refractivity contribution in [2.75, 3.05) is 0 Å². The van der Waals surface area contributed by atoms with Crippen molar-refractivity contribution in [3.63, 3.8) is 0 Å². The van der Waals surface area contributed by atoms with E-state index in [0.717, 1.165) is 0 Å². The lowest BCUT2D eigenvalue weighted by Crippen LogP contribution is -1.97. The number of aromatic amines is 1. The zero-order valence-corrected chi connectivity index (χ0v) is 15.9. The number of nitriles is 1. The summed E-state index contributed by atoms with van der Waals surface area (Å²) in [7, 11) is 0. The lowest BCUT2D eigenvalue weighted by atomic mass is 10.3. The van der Waals surface area contributed by atoms with Crippen LogP contribution in [0.15, 0.2) is 42.7 Å². The van der Waals surface area contributed by atoms with Crippen molar-refractivity contribution >= 4 is 40.3 Å². The maximum Gasteiger partial charge on any atom is 0.327 e. The van der Waals surface area contributed by atoms with E-state index in [1.54, 1.807) is 6.08 Å². The number of aromatic nitrogens is 6. The molecule has 29 heavy (non-hydrogen) atoms. The standard InChI is InChI=1S/C18H9Cl2N7O2/c19-2-1-13-15(20)14-16(25-13)26-18(29-11-3-10(4-21)5-22-6-11)27-17(14)28-12-7-23-9-24-8-12/h1-3,5-9H,(H,25,26,27)/b2-1+. The zero-order chi connectivity index (χ0) is 20.2. The SMILES string of the molecule is N#Cc1cncc(Oc2nc(Oc3cncnc3)c3c(Cl)c(/C=C/Cl)[nH]c3n2)c1. The van der Waals surface area contributed by atoms with Crippen molar-refractivity contribution in [1.82, 2.24) is 29.9 Å². The van der Waals surface area contributed by atoms with Gasteiger partial charge in [0.05, 0.1) is 34.9 Å². The first-order chi connectivity index (χ1) is 14.2. The molecular weight excluding hydrogens is 417 g/mol. The van der Waals surface area contributed by atoms with Gasteiger partial charge in [0.25, 0.3) is 0 Å². The van der Waals surface area contributed by atoms with Gasteiger partial charge < -0.3 is 14.5 Å². The fourth-order valence-electron chi connectivity index (χ4n) is 2.41. The summed E-state index contributed by atoms with van der Waals surface area (Å²) in [6.45, 7) is 0. The zero-order valence-electron chi connectivity index (χ0n) is 14.4. The smallest absolute Gasteiger partial charge is 0.327 e. The minimum atomic E-state index is -0.0411. The average Bonchev–Trinajstić information content (AvgIpc) is 3.05. The van der Waals surface area contributed by atoms with Gasteiger partial charge in [-0.15, -0.1) is 0 Å². The topological polar surface area (TPSA) is 122 Å². The van der Waals surface area contributed by atoms with E-state index in [9.17, 15) is 0 Å². The average molecular weight is 426 g/mol. The van der Waals surface area contributed by atoms with Crippen LogP contribution in [0.1, 0.15) is 11.3 Å². The third kappa shape index (κ3) is 3.94. The van der Waals surface area contributed by atoms with E-state index in [1.165, 1.54) is 42.7 Å². The molecule has 4 rings (SSSR count). The molecule has 4 aromatic heterocycles. The molecule has 0 radical (unpaired) electrons. The lowest BCUT2D eigenvalue weighted by Gasteiger charge is -2.08. The molecule has 0 amide bonds. The predicted octanol–water partition coefficient (Wildman–Crippen LogP) is 4.46. The number of fused-ring (bicyclic) bond motifs is 1. The van der Waals surface area contributed by atoms with Gasteiger partial charge in [-0.2, -0.15) is 15.2 Å². The molecule has 142 valence electrons. The van der Waals surface area contributed by atoms with Gasteiger partial charge >= 0.3 is 6.01 Å². The summed E-state index contributed by atoms with van der Waals surface area (Å²) in [5, 5.41) is 9.77. The molecule has 4 heterocycles. The van der Waals surface area contributed by atoms with Crippen LogP contribution in [0.4, 0.5) is 0 Å². The third-order valence-corrected chi connectivity index (χ3v) is 4.12. The highest BCUT2D eigenvalue weighted by Crippen LogP contribution is 2.37. The molecule has 4 aromatic rings. The minimum absolute atomic E-state index is 0.0411. The van der Waals surface area contributed by atoms with Crippen LogP contribution in [0.5, 0.6) is 23.4 Å². The van der Waals surface area contributed by atoms with Crippen LogP contribution in [0.2, 0.25) is 5.02 Å². The number of ether oxygens (including phenoxy) is 2. The minimum Gasteiger partial charge on any atom is -0.435 e. The first-order valence-electron chi connectivity index (χ1n) is 7.99. The van der Waals surface area contributed by atoms with Crippen molar-refractivity contribution in [2.24, 2.45) is 0 Å². The Morgan fingerprint density at radius 2 is 1.83 bits per heavy atom. The van der Waals surface area contributed by atoms with Gasteiger partial charge in [-0.25, -0.2) is 9.97 Å². The molecule has 0 saturated heterocycles. The highest BCUT2D eigenvalue weighted by Gasteiger charge is 2.19. The van der Waals surface area contributed by atoms with Crippen LogP contribution in [0, 0.1) is 11.3 Å². The van der Waals surface area contributed by atoms with Crippen molar-refractivity contribution in [2.45, 2.75) is 0 Å². The quantitative estimate of drug-likeness (QED) is 0.496. The Balaban J connectivity index is 1.82. The van der Waals surface area contributed by atoms with Gasteiger partial charge in [-0.05, 0) is 6.08 Å². The van der Waals surface area contributed by atoms with Crippen LogP contribution < -0.4 is 9.47 Å². The molecule has 1 N–H and O–H groups in total. The van der Waals surface area contributed by atoms with Crippen LogP contribution in [-0.2, 0) is 0 Å². The predicted molar refractivity (Wildman–Crippen MR) is 105 cm³/mol. The van der Waals surface area contributed by atoms with Crippen LogP contribution in [0.25, 0.3) is 17.1 Å². The van der Waals surface area contributed by atoms with Crippen molar-refractivity contribution in [3.05, 3.63) is 59.0 Å². The molecule has 0 aromatic carbocycles. The van der Waals surface area contributed by atoms with Crippen LogP contribution in [-0.4, -0.2) is 29.9 Å². The van der Waals surface area contributed by atoms with Crippen molar-refractivity contribution in [3.8, 4) is 29.5 Å². The Hall–Kier alpha value is -3.74. The molecule has 0 unspecified atom stereocenters. The Bertz CT molecular complexity index is 1250. The fourth-order valence-corrected chi connectivity index (χ4v) is 2.82. The highest BCUT2D eigenvalue weighted by atomic mass is 35.5. The number of nitrogens with zero attached hydrogens (tertiary/aromatic N) is 6. The summed E-state index contributed by atoms with van der Waals surface area (Å²) in [6.07, 6.45) is 8.74. The van der Waals surface area contributed by atoms with Crippen molar-refractivity contribution in [1.29, 1.82) is 5.26 Å². The number of rotatable bonds is 5. The van der Waals surface area contributed by atoms with E-state index < -0.39 is 0 Å². The van der Waals surface area contributed by atoms with E-state index in [-0.39, 0.29) is 17.6 Å². The Labute approximate surface area is 173 Å². The maximum atomic E-state index is 9.02. The summed E-state index contributed by atoms with van der Waals surface area (Å²) in [5.41, 5.74) is 2.52. The first-order valence-corrected chi connectivity index (χ1v) is 8.81. The molecule has 0 aliphatic carbocycles. The number of hydrogen-bond donors (Lipinski definition) is 1. The monoisotopic (exact) mass is 425 g/mol. The molecule has 9 nitrogen and oxygen atoms in total. The van der Waals surface area contributed by atoms with Gasteiger partial charge in [0.2, 0.25) is 5.88 Å². The molecule has 0 bridgehead atoms. The van der Waals surface area contributed by atoms with Gasteiger partial charge in [0.1, 0.15) is 17.8 Å². The summed E-state index contributed by atoms with van der Waals surface area (Å²) in [4.78, 5) is 23.4. The van der Waals surface area contributed by atoms with Crippen LogP contribution in [0.3, 0.4) is 0 Å². The summed E-state index contributed by atoms with van der Waals surface area (Å²) in [6, 6.07) is 3.45. The van der Waals surface area contributed by atoms with Gasteiger partial charge in [0, 0.05) is 17.8 Å². The van der Waals surface area contributed by atoms with Crippen LogP contribution >= 0.6 is 23.2 Å². The molecule has 0 atom stereocenters. The number of H-pyrrole nitrogens is 1. The second-order valence-electron chi connectivity index (χ2n) is 5.48. The molecule has 0 spiro atoms. The maximum absolute atomic E-state index is 9.02. The fraction of sp³-hybridized carbons (Fsp3) is 0. The second-order valence-corrected chi connectivity index (χ2v) is 6.11. The Morgan fingerprint density at radius 3 is 2.59 bits per heavy atom. The first kappa shape index (κ1) is 18.6. The molecular formula is C18H9Cl2N7O2. The Kier molecular flexibility index (Phi) is 5.20. The van der Waals surface area contributed by atoms with Gasteiger partial charge in [-0.1, -0.05) is 23.2 Å².